The van der Waals surface area contributed by atoms with Crippen LogP contribution in [0.2, 0.25) is 0 Å². The zero-order valence-corrected chi connectivity index (χ0v) is 10.2. The molecule has 0 bridgehead atoms. The van der Waals surface area contributed by atoms with Gasteiger partial charge in [-0.2, -0.15) is 8.78 Å². The van der Waals surface area contributed by atoms with Crippen LogP contribution in [0.1, 0.15) is 12.8 Å². The van der Waals surface area contributed by atoms with Gasteiger partial charge >= 0.3 is 6.61 Å². The van der Waals surface area contributed by atoms with Crippen LogP contribution in [0.15, 0.2) is 18.2 Å². The molecule has 2 heterocycles. The molecule has 1 aromatic rings. The highest BCUT2D eigenvalue weighted by Gasteiger charge is 2.46. The number of hydrogen-bond donors (Lipinski definition) is 0. The van der Waals surface area contributed by atoms with E-state index in [9.17, 15) is 13.2 Å². The molecule has 0 N–H and O–H groups in total. The Balaban J connectivity index is 1.70. The number of hydrogen-bond acceptors (Lipinski definition) is 3. The second-order valence-corrected chi connectivity index (χ2v) is 4.95. The van der Waals surface area contributed by atoms with Gasteiger partial charge in [0.25, 0.3) is 0 Å². The lowest BCUT2D eigenvalue weighted by Gasteiger charge is -2.32. The number of rotatable bonds is 3. The van der Waals surface area contributed by atoms with E-state index < -0.39 is 12.4 Å². The zero-order valence-electron chi connectivity index (χ0n) is 10.2. The van der Waals surface area contributed by atoms with Gasteiger partial charge in [0.15, 0.2) is 0 Å². The number of halogens is 3. The van der Waals surface area contributed by atoms with Gasteiger partial charge in [-0.15, -0.1) is 0 Å². The smallest absolute Gasteiger partial charge is 0.387 e. The Morgan fingerprint density at radius 3 is 2.47 bits per heavy atom. The van der Waals surface area contributed by atoms with Gasteiger partial charge in [0.1, 0.15) is 11.6 Å². The molecule has 3 rings (SSSR count). The van der Waals surface area contributed by atoms with Crippen molar-refractivity contribution in [2.24, 2.45) is 0 Å². The van der Waals surface area contributed by atoms with E-state index in [-0.39, 0.29) is 11.4 Å². The molecule has 0 atom stereocenters. The van der Waals surface area contributed by atoms with Crippen LogP contribution >= 0.6 is 0 Å². The number of piperidine rings is 1. The van der Waals surface area contributed by atoms with Crippen molar-refractivity contribution >= 4 is 5.69 Å². The monoisotopic (exact) mass is 273 g/mol. The first-order chi connectivity index (χ1) is 9.08. The zero-order chi connectivity index (χ0) is 13.5. The fraction of sp³-hybridized carbons (Fsp3) is 0.538. The average Bonchev–Trinajstić information content (AvgIpc) is 3.10. The molecule has 2 fully saturated rings. The van der Waals surface area contributed by atoms with Crippen LogP contribution in [0, 0.1) is 5.82 Å². The predicted octanol–water partition coefficient (Wildman–Crippen LogP) is 2.80. The minimum absolute atomic E-state index is 0.0334. The van der Waals surface area contributed by atoms with Crippen LogP contribution in [0.5, 0.6) is 5.75 Å². The Morgan fingerprint density at radius 2 is 1.95 bits per heavy atom. The van der Waals surface area contributed by atoms with E-state index in [0.717, 1.165) is 25.5 Å². The van der Waals surface area contributed by atoms with Crippen LogP contribution < -0.4 is 9.64 Å². The Labute approximate surface area is 108 Å². The van der Waals surface area contributed by atoms with Crippen molar-refractivity contribution in [1.82, 2.24) is 0 Å². The van der Waals surface area contributed by atoms with Gasteiger partial charge in [0.05, 0.1) is 17.9 Å². The van der Waals surface area contributed by atoms with Gasteiger partial charge in [-0.1, -0.05) is 0 Å². The Bertz CT molecular complexity index is 467. The molecule has 0 unspecified atom stereocenters. The van der Waals surface area contributed by atoms with E-state index in [1.54, 1.807) is 0 Å². The summed E-state index contributed by atoms with van der Waals surface area (Å²) >= 11 is 0. The van der Waals surface area contributed by atoms with Crippen molar-refractivity contribution in [2.45, 2.75) is 25.1 Å². The molecule has 0 saturated carbocycles. The minimum atomic E-state index is -2.94. The second kappa shape index (κ2) is 4.59. The number of alkyl halides is 2. The van der Waals surface area contributed by atoms with E-state index in [1.807, 2.05) is 4.90 Å². The Hall–Kier alpha value is -1.43. The van der Waals surface area contributed by atoms with Crippen molar-refractivity contribution in [1.29, 1.82) is 0 Å². The van der Waals surface area contributed by atoms with Gasteiger partial charge in [0.2, 0.25) is 0 Å². The quantitative estimate of drug-likeness (QED) is 0.792. The molecule has 0 aromatic heterocycles. The van der Waals surface area contributed by atoms with Gasteiger partial charge in [-0.3, -0.25) is 0 Å². The first-order valence-corrected chi connectivity index (χ1v) is 6.21. The van der Waals surface area contributed by atoms with E-state index in [4.69, 9.17) is 4.74 Å². The lowest BCUT2D eigenvalue weighted by atomic mass is 9.97. The maximum absolute atomic E-state index is 13.9. The van der Waals surface area contributed by atoms with Crippen molar-refractivity contribution in [2.75, 3.05) is 24.6 Å². The van der Waals surface area contributed by atoms with Crippen LogP contribution in [-0.2, 0) is 4.74 Å². The summed E-state index contributed by atoms with van der Waals surface area (Å²) in [7, 11) is 0. The Morgan fingerprint density at radius 1 is 1.26 bits per heavy atom. The van der Waals surface area contributed by atoms with E-state index >= 15 is 0 Å². The van der Waals surface area contributed by atoms with Crippen molar-refractivity contribution < 1.29 is 22.6 Å². The summed E-state index contributed by atoms with van der Waals surface area (Å²) in [4.78, 5) is 1.91. The number of ether oxygens (including phenoxy) is 2. The fourth-order valence-electron chi connectivity index (χ4n) is 2.47. The van der Waals surface area contributed by atoms with Gasteiger partial charge in [-0.25, -0.2) is 4.39 Å². The highest BCUT2D eigenvalue weighted by Crippen LogP contribution is 2.39. The third kappa shape index (κ3) is 2.63. The number of epoxide rings is 1. The largest absolute Gasteiger partial charge is 0.435 e. The van der Waals surface area contributed by atoms with Crippen LogP contribution in [0.4, 0.5) is 18.9 Å². The third-order valence-corrected chi connectivity index (χ3v) is 3.71. The molecule has 2 saturated heterocycles. The highest BCUT2D eigenvalue weighted by molar-refractivity contribution is 5.51. The van der Waals surface area contributed by atoms with Gasteiger partial charge < -0.3 is 14.4 Å². The summed E-state index contributed by atoms with van der Waals surface area (Å²) in [5.41, 5.74) is 0.461. The molecule has 0 radical (unpaired) electrons. The fourth-order valence-corrected chi connectivity index (χ4v) is 2.47. The standard InChI is InChI=1S/C13H14F3NO2/c14-10-7-9(19-12(15)16)1-2-11(10)17-5-3-13(4-6-17)8-18-13/h1-2,7,12H,3-6,8H2. The molecule has 3 nitrogen and oxygen atoms in total. The molecule has 2 aliphatic rings. The molecule has 2 aliphatic heterocycles. The molecule has 0 amide bonds. The number of nitrogens with zero attached hydrogens (tertiary/aromatic N) is 1. The van der Waals surface area contributed by atoms with Crippen LogP contribution in [-0.4, -0.2) is 31.9 Å². The minimum Gasteiger partial charge on any atom is -0.435 e. The SMILES string of the molecule is Fc1cc(OC(F)F)ccc1N1CCC2(CC1)CO2. The van der Waals surface area contributed by atoms with E-state index in [0.29, 0.717) is 18.8 Å². The molecule has 0 aliphatic carbocycles. The molecule has 1 spiro atoms. The second-order valence-electron chi connectivity index (χ2n) is 4.95. The molecule has 1 aromatic carbocycles. The van der Waals surface area contributed by atoms with Crippen LogP contribution in [0.3, 0.4) is 0 Å². The molecule has 6 heteroatoms. The molecule has 19 heavy (non-hydrogen) atoms. The summed E-state index contributed by atoms with van der Waals surface area (Å²) in [6.07, 6.45) is 1.75. The topological polar surface area (TPSA) is 25.0 Å². The molecular weight excluding hydrogens is 259 g/mol. The number of anilines is 1. The summed E-state index contributed by atoms with van der Waals surface area (Å²) in [6.45, 7) is -0.713. The summed E-state index contributed by atoms with van der Waals surface area (Å²) in [5, 5.41) is 0. The van der Waals surface area contributed by atoms with Crippen LogP contribution in [0.25, 0.3) is 0 Å². The first kappa shape index (κ1) is 12.6. The Kier molecular flexibility index (Phi) is 3.05. The lowest BCUT2D eigenvalue weighted by Crippen LogP contribution is -2.38. The van der Waals surface area contributed by atoms with Crippen molar-refractivity contribution in [3.63, 3.8) is 0 Å². The van der Waals surface area contributed by atoms with Crippen molar-refractivity contribution in [3.05, 3.63) is 24.0 Å². The van der Waals surface area contributed by atoms with E-state index in [1.165, 1.54) is 12.1 Å². The summed E-state index contributed by atoms with van der Waals surface area (Å²) < 4.78 is 47.5. The number of benzene rings is 1. The predicted molar refractivity (Wildman–Crippen MR) is 63.2 cm³/mol. The summed E-state index contributed by atoms with van der Waals surface area (Å²) in [6, 6.07) is 3.85. The highest BCUT2D eigenvalue weighted by atomic mass is 19.3. The first-order valence-electron chi connectivity index (χ1n) is 6.21. The molecular formula is C13H14F3NO2. The van der Waals surface area contributed by atoms with Gasteiger partial charge in [0, 0.05) is 19.2 Å². The van der Waals surface area contributed by atoms with Crippen molar-refractivity contribution in [3.8, 4) is 5.75 Å². The summed E-state index contributed by atoms with van der Waals surface area (Å²) in [5.74, 6) is -0.693. The molecule has 104 valence electrons. The average molecular weight is 273 g/mol. The lowest BCUT2D eigenvalue weighted by molar-refractivity contribution is -0.0499. The van der Waals surface area contributed by atoms with Gasteiger partial charge in [-0.05, 0) is 25.0 Å². The third-order valence-electron chi connectivity index (χ3n) is 3.71. The maximum Gasteiger partial charge on any atom is 0.387 e. The van der Waals surface area contributed by atoms with E-state index in [2.05, 4.69) is 4.74 Å². The maximum atomic E-state index is 13.9. The normalized spacial score (nSPS) is 20.9.